The van der Waals surface area contributed by atoms with E-state index in [1.165, 1.54) is 11.1 Å². The first kappa shape index (κ1) is 12.1. The van der Waals surface area contributed by atoms with Crippen LogP contribution < -0.4 is 11.1 Å². The Labute approximate surface area is 105 Å². The molecule has 6 nitrogen and oxygen atoms in total. The van der Waals surface area contributed by atoms with Gasteiger partial charge in [0, 0.05) is 6.54 Å². The maximum Gasteiger partial charge on any atom is 0.288 e. The van der Waals surface area contributed by atoms with E-state index in [0.29, 0.717) is 6.54 Å². The van der Waals surface area contributed by atoms with Crippen LogP contribution in [0.25, 0.3) is 0 Å². The second kappa shape index (κ2) is 5.31. The van der Waals surface area contributed by atoms with Gasteiger partial charge in [-0.1, -0.05) is 24.3 Å². The molecule has 6 heteroatoms. The highest BCUT2D eigenvalue weighted by Crippen LogP contribution is 2.06. The second-order valence-electron chi connectivity index (χ2n) is 3.97. The van der Waals surface area contributed by atoms with Crippen LogP contribution in [0.1, 0.15) is 21.7 Å². The van der Waals surface area contributed by atoms with Crippen LogP contribution in [-0.2, 0) is 6.42 Å². The summed E-state index contributed by atoms with van der Waals surface area (Å²) in [5.74, 6) is -0.0934. The van der Waals surface area contributed by atoms with Crippen LogP contribution in [0.5, 0.6) is 0 Å². The van der Waals surface area contributed by atoms with E-state index >= 15 is 0 Å². The molecule has 94 valence electrons. The molecule has 0 aliphatic rings. The Kier molecular flexibility index (Phi) is 3.57. The van der Waals surface area contributed by atoms with E-state index < -0.39 is 0 Å². The van der Waals surface area contributed by atoms with Gasteiger partial charge in [-0.15, -0.1) is 5.10 Å². The van der Waals surface area contributed by atoms with Crippen molar-refractivity contribution in [2.45, 2.75) is 13.3 Å². The molecule has 0 unspecified atom stereocenters. The molecule has 1 aromatic carbocycles. The van der Waals surface area contributed by atoms with Crippen LogP contribution >= 0.6 is 0 Å². The number of anilines is 1. The molecule has 1 aromatic heterocycles. The number of nitrogens with one attached hydrogen (secondary N) is 2. The number of nitrogen functional groups attached to an aromatic ring is 1. The predicted molar refractivity (Wildman–Crippen MR) is 68.0 cm³/mol. The van der Waals surface area contributed by atoms with Gasteiger partial charge in [0.05, 0.1) is 0 Å². The smallest absolute Gasteiger partial charge is 0.288 e. The van der Waals surface area contributed by atoms with Crippen molar-refractivity contribution < 1.29 is 4.79 Å². The first-order chi connectivity index (χ1) is 8.66. The van der Waals surface area contributed by atoms with Crippen LogP contribution in [0, 0.1) is 6.92 Å². The van der Waals surface area contributed by atoms with Crippen LogP contribution in [0.15, 0.2) is 24.3 Å². The fraction of sp³-hybridized carbons (Fsp3) is 0.250. The van der Waals surface area contributed by atoms with Crippen molar-refractivity contribution in [1.29, 1.82) is 0 Å². The Bertz CT molecular complexity index is 549. The summed E-state index contributed by atoms with van der Waals surface area (Å²) in [5, 5.41) is 8.83. The molecule has 1 amide bonds. The third kappa shape index (κ3) is 2.85. The first-order valence-corrected chi connectivity index (χ1v) is 5.67. The summed E-state index contributed by atoms with van der Waals surface area (Å²) in [4.78, 5) is 15.4. The van der Waals surface area contributed by atoms with Crippen LogP contribution in [0.3, 0.4) is 0 Å². The van der Waals surface area contributed by atoms with Gasteiger partial charge in [0.1, 0.15) is 0 Å². The van der Waals surface area contributed by atoms with Gasteiger partial charge in [-0.05, 0) is 24.5 Å². The summed E-state index contributed by atoms with van der Waals surface area (Å²) in [6, 6.07) is 8.08. The summed E-state index contributed by atoms with van der Waals surface area (Å²) in [6.07, 6.45) is 0.780. The van der Waals surface area contributed by atoms with E-state index in [2.05, 4.69) is 20.5 Å². The number of aromatic amines is 1. The number of hydrogen-bond acceptors (Lipinski definition) is 4. The highest BCUT2D eigenvalue weighted by molar-refractivity contribution is 5.90. The van der Waals surface area contributed by atoms with Crippen LogP contribution in [0.4, 0.5) is 5.95 Å². The lowest BCUT2D eigenvalue weighted by molar-refractivity contribution is 0.0944. The van der Waals surface area contributed by atoms with Crippen molar-refractivity contribution >= 4 is 11.9 Å². The minimum atomic E-state index is -0.298. The molecule has 1 heterocycles. The number of amides is 1. The number of rotatable bonds is 4. The van der Waals surface area contributed by atoms with Crippen molar-refractivity contribution in [2.24, 2.45) is 0 Å². The Morgan fingerprint density at radius 1 is 1.44 bits per heavy atom. The summed E-state index contributed by atoms with van der Waals surface area (Å²) < 4.78 is 0. The lowest BCUT2D eigenvalue weighted by Crippen LogP contribution is -2.26. The second-order valence-corrected chi connectivity index (χ2v) is 3.97. The molecular formula is C12H15N5O. The quantitative estimate of drug-likeness (QED) is 0.737. The molecule has 4 N–H and O–H groups in total. The normalized spacial score (nSPS) is 10.3. The van der Waals surface area contributed by atoms with Gasteiger partial charge in [0.15, 0.2) is 0 Å². The minimum absolute atomic E-state index is 0.0686. The van der Waals surface area contributed by atoms with Gasteiger partial charge < -0.3 is 11.1 Å². The maximum absolute atomic E-state index is 11.6. The first-order valence-electron chi connectivity index (χ1n) is 5.67. The third-order valence-electron chi connectivity index (χ3n) is 2.66. The number of benzene rings is 1. The van der Waals surface area contributed by atoms with Crippen molar-refractivity contribution in [3.8, 4) is 0 Å². The van der Waals surface area contributed by atoms with Gasteiger partial charge in [-0.3, -0.25) is 9.89 Å². The zero-order chi connectivity index (χ0) is 13.0. The number of nitrogens with zero attached hydrogens (tertiary/aromatic N) is 2. The average molecular weight is 245 g/mol. The van der Waals surface area contributed by atoms with E-state index in [0.717, 1.165) is 6.42 Å². The van der Waals surface area contributed by atoms with Crippen molar-refractivity contribution in [3.63, 3.8) is 0 Å². The third-order valence-corrected chi connectivity index (χ3v) is 2.66. The van der Waals surface area contributed by atoms with Crippen LogP contribution in [-0.4, -0.2) is 27.6 Å². The molecule has 2 rings (SSSR count). The molecule has 0 aliphatic carbocycles. The molecule has 0 aliphatic heterocycles. The standard InChI is InChI=1S/C12H15N5O/c1-8-4-2-3-5-9(8)6-7-14-11(18)10-15-12(13)17-16-10/h2-5H,6-7H2,1H3,(H,14,18)(H3,13,15,16,17). The van der Waals surface area contributed by atoms with Gasteiger partial charge in [-0.25, -0.2) is 0 Å². The molecule has 18 heavy (non-hydrogen) atoms. The molecule has 2 aromatic rings. The van der Waals surface area contributed by atoms with E-state index in [1.807, 2.05) is 31.2 Å². The molecular weight excluding hydrogens is 230 g/mol. The van der Waals surface area contributed by atoms with Gasteiger partial charge in [0.2, 0.25) is 11.8 Å². The average Bonchev–Trinajstić information content (AvgIpc) is 2.78. The van der Waals surface area contributed by atoms with Crippen LogP contribution in [0.2, 0.25) is 0 Å². The topological polar surface area (TPSA) is 96.7 Å². The van der Waals surface area contributed by atoms with Gasteiger partial charge in [-0.2, -0.15) is 4.98 Å². The Balaban J connectivity index is 1.86. The zero-order valence-corrected chi connectivity index (χ0v) is 10.1. The zero-order valence-electron chi connectivity index (χ0n) is 10.1. The minimum Gasteiger partial charge on any atom is -0.366 e. The summed E-state index contributed by atoms with van der Waals surface area (Å²) in [7, 11) is 0. The summed E-state index contributed by atoms with van der Waals surface area (Å²) in [6.45, 7) is 2.60. The number of hydrogen-bond donors (Lipinski definition) is 3. The van der Waals surface area contributed by atoms with Crippen molar-refractivity contribution in [2.75, 3.05) is 12.3 Å². The Morgan fingerprint density at radius 2 is 2.22 bits per heavy atom. The highest BCUT2D eigenvalue weighted by atomic mass is 16.2. The maximum atomic E-state index is 11.6. The number of carbonyl (C=O) groups excluding carboxylic acids is 1. The summed E-state index contributed by atoms with van der Waals surface area (Å²) >= 11 is 0. The molecule has 0 bridgehead atoms. The Morgan fingerprint density at radius 3 is 2.89 bits per heavy atom. The molecule has 0 radical (unpaired) electrons. The molecule has 0 saturated heterocycles. The Hall–Kier alpha value is -2.37. The lowest BCUT2D eigenvalue weighted by Gasteiger charge is -2.06. The van der Waals surface area contributed by atoms with Crippen molar-refractivity contribution in [3.05, 3.63) is 41.2 Å². The van der Waals surface area contributed by atoms with Crippen molar-refractivity contribution in [1.82, 2.24) is 20.5 Å². The summed E-state index contributed by atoms with van der Waals surface area (Å²) in [5.41, 5.74) is 7.76. The number of nitrogens with two attached hydrogens (primary N) is 1. The van der Waals surface area contributed by atoms with Gasteiger partial charge >= 0.3 is 0 Å². The number of aryl methyl sites for hydroxylation is 1. The monoisotopic (exact) mass is 245 g/mol. The van der Waals surface area contributed by atoms with E-state index in [1.54, 1.807) is 0 Å². The number of carbonyl (C=O) groups is 1. The molecule has 0 fully saturated rings. The lowest BCUT2D eigenvalue weighted by atomic mass is 10.1. The predicted octanol–water partition coefficient (Wildman–Crippen LogP) is 0.668. The SMILES string of the molecule is Cc1ccccc1CCNC(=O)c1nc(N)n[nH]1. The molecule has 0 atom stereocenters. The highest BCUT2D eigenvalue weighted by Gasteiger charge is 2.09. The molecule has 0 saturated carbocycles. The largest absolute Gasteiger partial charge is 0.366 e. The van der Waals surface area contributed by atoms with E-state index in [9.17, 15) is 4.79 Å². The fourth-order valence-electron chi connectivity index (χ4n) is 1.66. The van der Waals surface area contributed by atoms with E-state index in [4.69, 9.17) is 5.73 Å². The van der Waals surface area contributed by atoms with Gasteiger partial charge in [0.25, 0.3) is 5.91 Å². The molecule has 0 spiro atoms. The van der Waals surface area contributed by atoms with E-state index in [-0.39, 0.29) is 17.7 Å². The number of H-pyrrole nitrogens is 1. The number of aromatic nitrogens is 3. The fourth-order valence-corrected chi connectivity index (χ4v) is 1.66.